The van der Waals surface area contributed by atoms with Crippen molar-refractivity contribution < 1.29 is 9.59 Å². The molecule has 1 aromatic rings. The van der Waals surface area contributed by atoms with Crippen LogP contribution in [0.2, 0.25) is 0 Å². The average molecular weight is 287 g/mol. The van der Waals surface area contributed by atoms with Crippen LogP contribution in [0.5, 0.6) is 0 Å². The van der Waals surface area contributed by atoms with Gasteiger partial charge in [-0.1, -0.05) is 12.1 Å². The molecule has 2 amide bonds. The van der Waals surface area contributed by atoms with E-state index in [1.54, 1.807) is 11.9 Å². The first-order valence-corrected chi connectivity index (χ1v) is 7.50. The molecule has 2 saturated heterocycles. The second-order valence-corrected chi connectivity index (χ2v) is 5.85. The van der Waals surface area contributed by atoms with E-state index in [-0.39, 0.29) is 24.9 Å². The van der Waals surface area contributed by atoms with E-state index in [0.717, 1.165) is 31.6 Å². The summed E-state index contributed by atoms with van der Waals surface area (Å²) in [6.45, 7) is 2.39. The number of amides is 2. The second-order valence-electron chi connectivity index (χ2n) is 5.85. The molecule has 112 valence electrons. The van der Waals surface area contributed by atoms with Crippen molar-refractivity contribution in [1.29, 1.82) is 0 Å². The number of carbonyl (C=O) groups excluding carboxylic acids is 2. The minimum Gasteiger partial charge on any atom is -0.335 e. The molecule has 2 aliphatic rings. The van der Waals surface area contributed by atoms with Crippen molar-refractivity contribution in [2.75, 3.05) is 38.1 Å². The Morgan fingerprint density at radius 1 is 1.10 bits per heavy atom. The van der Waals surface area contributed by atoms with E-state index >= 15 is 0 Å². The zero-order valence-corrected chi connectivity index (χ0v) is 12.3. The molecular formula is C16H21N3O2. The van der Waals surface area contributed by atoms with Crippen LogP contribution >= 0.6 is 0 Å². The number of carbonyl (C=O) groups is 2. The highest BCUT2D eigenvalue weighted by Crippen LogP contribution is 2.28. The minimum atomic E-state index is -0.0143. The number of piperidine rings is 1. The Kier molecular flexibility index (Phi) is 3.92. The lowest BCUT2D eigenvalue weighted by molar-refractivity contribution is -0.136. The van der Waals surface area contributed by atoms with Gasteiger partial charge in [-0.05, 0) is 49.5 Å². The Bertz CT molecular complexity index is 552. The number of nitrogens with one attached hydrogen (secondary N) is 1. The first-order chi connectivity index (χ1) is 10.1. The van der Waals surface area contributed by atoms with Gasteiger partial charge in [-0.3, -0.25) is 9.59 Å². The molecule has 0 aliphatic carbocycles. The molecular weight excluding hydrogens is 266 g/mol. The zero-order valence-electron chi connectivity index (χ0n) is 12.3. The molecule has 3 rings (SSSR count). The topological polar surface area (TPSA) is 52.7 Å². The van der Waals surface area contributed by atoms with Crippen molar-refractivity contribution in [3.8, 4) is 0 Å². The molecule has 0 spiro atoms. The third-order valence-corrected chi connectivity index (χ3v) is 4.39. The predicted molar refractivity (Wildman–Crippen MR) is 81.3 cm³/mol. The van der Waals surface area contributed by atoms with E-state index in [9.17, 15) is 9.59 Å². The maximum atomic E-state index is 12.2. The number of benzene rings is 1. The number of hydrogen-bond donors (Lipinski definition) is 1. The molecule has 1 N–H and O–H groups in total. The molecule has 2 heterocycles. The SMILES string of the molecule is CN1CC(=O)N(c2cccc(C3CCNCC3)c2)CC1=O. The first kappa shape index (κ1) is 14.1. The summed E-state index contributed by atoms with van der Waals surface area (Å²) >= 11 is 0. The summed E-state index contributed by atoms with van der Waals surface area (Å²) in [6, 6.07) is 8.11. The highest BCUT2D eigenvalue weighted by Gasteiger charge is 2.28. The van der Waals surface area contributed by atoms with Gasteiger partial charge in [0.2, 0.25) is 11.8 Å². The molecule has 0 bridgehead atoms. The average Bonchev–Trinajstić information content (AvgIpc) is 2.52. The van der Waals surface area contributed by atoms with E-state index in [2.05, 4.69) is 17.4 Å². The van der Waals surface area contributed by atoms with Gasteiger partial charge < -0.3 is 15.1 Å². The number of likely N-dealkylation sites (N-methyl/N-ethyl adjacent to an activating group) is 1. The Hall–Kier alpha value is -1.88. The standard InChI is InChI=1S/C16H21N3O2/c1-18-10-16(21)19(11-15(18)20)14-4-2-3-13(9-14)12-5-7-17-8-6-12/h2-4,9,12,17H,5-8,10-11H2,1H3. The monoisotopic (exact) mass is 287 g/mol. The number of nitrogens with zero attached hydrogens (tertiary/aromatic N) is 2. The van der Waals surface area contributed by atoms with Gasteiger partial charge in [0.05, 0.1) is 6.54 Å². The highest BCUT2D eigenvalue weighted by molar-refractivity contribution is 6.04. The van der Waals surface area contributed by atoms with Crippen LogP contribution < -0.4 is 10.2 Å². The molecule has 0 aromatic heterocycles. The summed E-state index contributed by atoms with van der Waals surface area (Å²) in [5, 5.41) is 3.37. The van der Waals surface area contributed by atoms with Gasteiger partial charge in [-0.2, -0.15) is 0 Å². The van der Waals surface area contributed by atoms with E-state index in [1.807, 2.05) is 12.1 Å². The molecule has 5 nitrogen and oxygen atoms in total. The molecule has 2 aliphatic heterocycles. The molecule has 1 aromatic carbocycles. The largest absolute Gasteiger partial charge is 0.335 e. The number of rotatable bonds is 2. The lowest BCUT2D eigenvalue weighted by atomic mass is 9.90. The fourth-order valence-electron chi connectivity index (χ4n) is 3.06. The summed E-state index contributed by atoms with van der Waals surface area (Å²) < 4.78 is 0. The van der Waals surface area contributed by atoms with Crippen LogP contribution in [0.1, 0.15) is 24.3 Å². The first-order valence-electron chi connectivity index (χ1n) is 7.50. The van der Waals surface area contributed by atoms with Gasteiger partial charge in [0.15, 0.2) is 0 Å². The van der Waals surface area contributed by atoms with Gasteiger partial charge in [0, 0.05) is 12.7 Å². The van der Waals surface area contributed by atoms with Crippen molar-refractivity contribution in [2.45, 2.75) is 18.8 Å². The maximum absolute atomic E-state index is 12.2. The van der Waals surface area contributed by atoms with Crippen LogP contribution in [0.15, 0.2) is 24.3 Å². The summed E-state index contributed by atoms with van der Waals surface area (Å²) in [5.74, 6) is 0.519. The van der Waals surface area contributed by atoms with Crippen molar-refractivity contribution in [3.05, 3.63) is 29.8 Å². The normalized spacial score (nSPS) is 21.0. The van der Waals surface area contributed by atoms with Gasteiger partial charge in [0.1, 0.15) is 6.54 Å². The molecule has 2 fully saturated rings. The third kappa shape index (κ3) is 2.93. The van der Waals surface area contributed by atoms with Crippen LogP contribution in [0.3, 0.4) is 0 Å². The Labute approximate surface area is 124 Å². The maximum Gasteiger partial charge on any atom is 0.247 e. The van der Waals surface area contributed by atoms with E-state index < -0.39 is 0 Å². The lowest BCUT2D eigenvalue weighted by Crippen LogP contribution is -2.52. The smallest absolute Gasteiger partial charge is 0.247 e. The molecule has 0 radical (unpaired) electrons. The van der Waals surface area contributed by atoms with Crippen molar-refractivity contribution >= 4 is 17.5 Å². The van der Waals surface area contributed by atoms with E-state index in [1.165, 1.54) is 10.5 Å². The highest BCUT2D eigenvalue weighted by atomic mass is 16.2. The number of hydrogen-bond acceptors (Lipinski definition) is 3. The van der Waals surface area contributed by atoms with Crippen molar-refractivity contribution in [3.63, 3.8) is 0 Å². The fourth-order valence-corrected chi connectivity index (χ4v) is 3.06. The molecule has 5 heteroatoms. The lowest BCUT2D eigenvalue weighted by Gasteiger charge is -2.32. The second kappa shape index (κ2) is 5.85. The molecule has 0 atom stereocenters. The quantitative estimate of drug-likeness (QED) is 0.881. The zero-order chi connectivity index (χ0) is 14.8. The molecule has 21 heavy (non-hydrogen) atoms. The third-order valence-electron chi connectivity index (χ3n) is 4.39. The number of piperazine rings is 1. The fraction of sp³-hybridized carbons (Fsp3) is 0.500. The van der Waals surface area contributed by atoms with Crippen LogP contribution in [0.4, 0.5) is 5.69 Å². The van der Waals surface area contributed by atoms with Crippen LogP contribution in [-0.2, 0) is 9.59 Å². The van der Waals surface area contributed by atoms with Crippen LogP contribution in [0.25, 0.3) is 0 Å². The molecule has 0 unspecified atom stereocenters. The van der Waals surface area contributed by atoms with E-state index in [4.69, 9.17) is 0 Å². The predicted octanol–water partition coefficient (Wildman–Crippen LogP) is 0.959. The summed E-state index contributed by atoms with van der Waals surface area (Å²) in [4.78, 5) is 27.1. The summed E-state index contributed by atoms with van der Waals surface area (Å²) in [5.41, 5.74) is 2.12. The Morgan fingerprint density at radius 3 is 2.62 bits per heavy atom. The number of anilines is 1. The van der Waals surface area contributed by atoms with Gasteiger partial charge >= 0.3 is 0 Å². The van der Waals surface area contributed by atoms with Gasteiger partial charge in [-0.25, -0.2) is 0 Å². The van der Waals surface area contributed by atoms with Crippen LogP contribution in [-0.4, -0.2) is 49.9 Å². The minimum absolute atomic E-state index is 0.0122. The van der Waals surface area contributed by atoms with Crippen molar-refractivity contribution in [2.24, 2.45) is 0 Å². The van der Waals surface area contributed by atoms with E-state index in [0.29, 0.717) is 5.92 Å². The van der Waals surface area contributed by atoms with Gasteiger partial charge in [-0.15, -0.1) is 0 Å². The van der Waals surface area contributed by atoms with Gasteiger partial charge in [0.25, 0.3) is 0 Å². The van der Waals surface area contributed by atoms with Crippen LogP contribution in [0, 0.1) is 0 Å². The summed E-state index contributed by atoms with van der Waals surface area (Å²) in [6.07, 6.45) is 2.25. The Balaban J connectivity index is 1.82. The molecule has 0 saturated carbocycles. The summed E-state index contributed by atoms with van der Waals surface area (Å²) in [7, 11) is 1.67. The Morgan fingerprint density at radius 2 is 1.86 bits per heavy atom. The van der Waals surface area contributed by atoms with Crippen molar-refractivity contribution in [1.82, 2.24) is 10.2 Å².